The van der Waals surface area contributed by atoms with E-state index in [1.54, 1.807) is 0 Å². The number of carbonyl (C=O) groups excluding carboxylic acids is 1. The monoisotopic (exact) mass is 203 g/mol. The van der Waals surface area contributed by atoms with Crippen LogP contribution in [0.4, 0.5) is 0 Å². The van der Waals surface area contributed by atoms with Crippen molar-refractivity contribution < 1.29 is 9.53 Å². The lowest BCUT2D eigenvalue weighted by Crippen LogP contribution is -2.16. The fourth-order valence-corrected chi connectivity index (χ4v) is 1.73. The number of methoxy groups -OCH3 is 1. The van der Waals surface area contributed by atoms with E-state index in [0.717, 1.165) is 10.9 Å². The molecule has 0 aliphatic carbocycles. The second-order valence-corrected chi connectivity index (χ2v) is 3.48. The van der Waals surface area contributed by atoms with Gasteiger partial charge in [0.15, 0.2) is 0 Å². The first kappa shape index (κ1) is 9.77. The lowest BCUT2D eigenvalue weighted by molar-refractivity contribution is -0.143. The minimum absolute atomic E-state index is 0.226. The predicted octanol–water partition coefficient (Wildman–Crippen LogP) is 2.38. The second kappa shape index (κ2) is 3.77. The molecule has 0 saturated carbocycles. The van der Waals surface area contributed by atoms with E-state index in [1.165, 1.54) is 7.11 Å². The quantitative estimate of drug-likeness (QED) is 0.702. The number of carbonyl (C=O) groups is 1. The van der Waals surface area contributed by atoms with E-state index >= 15 is 0 Å². The van der Waals surface area contributed by atoms with Gasteiger partial charge in [-0.15, -0.1) is 0 Å². The second-order valence-electron chi connectivity index (χ2n) is 3.48. The van der Waals surface area contributed by atoms with Crippen LogP contribution in [-0.2, 0) is 9.53 Å². The van der Waals surface area contributed by atoms with Gasteiger partial charge < -0.3 is 9.30 Å². The van der Waals surface area contributed by atoms with Crippen LogP contribution in [0.15, 0.2) is 36.5 Å². The number of para-hydroxylation sites is 1. The van der Waals surface area contributed by atoms with Gasteiger partial charge in [-0.25, -0.2) is 4.79 Å². The number of fused-ring (bicyclic) bond motifs is 1. The van der Waals surface area contributed by atoms with Gasteiger partial charge >= 0.3 is 5.97 Å². The molecule has 2 rings (SSSR count). The van der Waals surface area contributed by atoms with Crippen LogP contribution in [0.5, 0.6) is 0 Å². The Kier molecular flexibility index (Phi) is 2.46. The summed E-state index contributed by atoms with van der Waals surface area (Å²) in [6, 6.07) is 9.67. The molecule has 0 spiro atoms. The Bertz CT molecular complexity index is 487. The van der Waals surface area contributed by atoms with Crippen LogP contribution in [0, 0.1) is 0 Å². The Balaban J connectivity index is 2.48. The van der Waals surface area contributed by atoms with E-state index in [9.17, 15) is 4.79 Å². The molecule has 0 saturated heterocycles. The summed E-state index contributed by atoms with van der Waals surface area (Å²) in [4.78, 5) is 11.4. The van der Waals surface area contributed by atoms with Gasteiger partial charge in [-0.05, 0) is 24.4 Å². The van der Waals surface area contributed by atoms with E-state index in [1.807, 2.05) is 48.0 Å². The molecular formula is C12H13NO2. The van der Waals surface area contributed by atoms with Crippen molar-refractivity contribution in [1.82, 2.24) is 4.57 Å². The molecule has 0 N–H and O–H groups in total. The van der Waals surface area contributed by atoms with Crippen molar-refractivity contribution in [3.63, 3.8) is 0 Å². The van der Waals surface area contributed by atoms with Gasteiger partial charge in [0, 0.05) is 11.7 Å². The molecule has 0 aliphatic heterocycles. The van der Waals surface area contributed by atoms with Gasteiger partial charge in [-0.3, -0.25) is 0 Å². The van der Waals surface area contributed by atoms with Crippen LogP contribution in [-0.4, -0.2) is 17.6 Å². The molecule has 1 aromatic heterocycles. The molecule has 0 amide bonds. The standard InChI is InChI=1S/C12H13NO2/c1-9(12(14)15-2)13-8-7-10-5-3-4-6-11(10)13/h3-9H,1-2H3. The number of hydrogen-bond donors (Lipinski definition) is 0. The summed E-state index contributed by atoms with van der Waals surface area (Å²) in [5.41, 5.74) is 1.05. The molecule has 1 atom stereocenters. The van der Waals surface area contributed by atoms with Crippen molar-refractivity contribution in [2.24, 2.45) is 0 Å². The number of benzene rings is 1. The average molecular weight is 203 g/mol. The minimum atomic E-state index is -0.283. The van der Waals surface area contributed by atoms with Crippen molar-refractivity contribution in [2.75, 3.05) is 7.11 Å². The number of hydrogen-bond acceptors (Lipinski definition) is 2. The summed E-state index contributed by atoms with van der Waals surface area (Å²) in [5.74, 6) is -0.226. The van der Waals surface area contributed by atoms with Crippen LogP contribution < -0.4 is 0 Å². The molecule has 0 aliphatic rings. The molecule has 3 nitrogen and oxygen atoms in total. The van der Waals surface area contributed by atoms with Crippen molar-refractivity contribution in [3.8, 4) is 0 Å². The maximum absolute atomic E-state index is 11.4. The fourth-order valence-electron chi connectivity index (χ4n) is 1.73. The highest BCUT2D eigenvalue weighted by Gasteiger charge is 2.16. The third-order valence-corrected chi connectivity index (χ3v) is 2.59. The van der Waals surface area contributed by atoms with Gasteiger partial charge in [0.2, 0.25) is 0 Å². The SMILES string of the molecule is COC(=O)C(C)n1ccc2ccccc21. The number of esters is 1. The summed E-state index contributed by atoms with van der Waals surface area (Å²) in [5, 5.41) is 1.13. The largest absolute Gasteiger partial charge is 0.467 e. The molecule has 1 heterocycles. The lowest BCUT2D eigenvalue weighted by Gasteiger charge is -2.12. The minimum Gasteiger partial charge on any atom is -0.467 e. The van der Waals surface area contributed by atoms with Gasteiger partial charge in [-0.2, -0.15) is 0 Å². The number of aromatic nitrogens is 1. The van der Waals surface area contributed by atoms with Crippen LogP contribution in [0.1, 0.15) is 13.0 Å². The zero-order chi connectivity index (χ0) is 10.8. The maximum atomic E-state index is 11.4. The first-order valence-corrected chi connectivity index (χ1v) is 4.87. The summed E-state index contributed by atoms with van der Waals surface area (Å²) in [6.07, 6.45) is 1.91. The number of ether oxygens (including phenoxy) is 1. The molecule has 2 aromatic rings. The molecule has 0 fully saturated rings. The Morgan fingerprint density at radius 3 is 2.80 bits per heavy atom. The summed E-state index contributed by atoms with van der Waals surface area (Å²) in [7, 11) is 1.41. The Hall–Kier alpha value is -1.77. The summed E-state index contributed by atoms with van der Waals surface area (Å²) in [6.45, 7) is 1.83. The Morgan fingerprint density at radius 1 is 1.33 bits per heavy atom. The van der Waals surface area contributed by atoms with E-state index < -0.39 is 0 Å². The molecule has 3 heteroatoms. The van der Waals surface area contributed by atoms with E-state index in [2.05, 4.69) is 0 Å². The van der Waals surface area contributed by atoms with Crippen LogP contribution in [0.3, 0.4) is 0 Å². The highest BCUT2D eigenvalue weighted by Crippen LogP contribution is 2.20. The van der Waals surface area contributed by atoms with Gasteiger partial charge in [0.1, 0.15) is 6.04 Å². The highest BCUT2D eigenvalue weighted by atomic mass is 16.5. The average Bonchev–Trinajstić information content (AvgIpc) is 2.70. The molecular weight excluding hydrogens is 190 g/mol. The van der Waals surface area contributed by atoms with E-state index in [-0.39, 0.29) is 12.0 Å². The van der Waals surface area contributed by atoms with Gasteiger partial charge in [0.25, 0.3) is 0 Å². The van der Waals surface area contributed by atoms with Crippen LogP contribution in [0.2, 0.25) is 0 Å². The smallest absolute Gasteiger partial charge is 0.328 e. The normalized spacial score (nSPS) is 12.7. The molecule has 15 heavy (non-hydrogen) atoms. The lowest BCUT2D eigenvalue weighted by atomic mass is 10.2. The molecule has 1 unspecified atom stereocenters. The molecule has 0 radical (unpaired) electrons. The Labute approximate surface area is 88.3 Å². The topological polar surface area (TPSA) is 31.2 Å². The van der Waals surface area contributed by atoms with Crippen LogP contribution >= 0.6 is 0 Å². The van der Waals surface area contributed by atoms with Gasteiger partial charge in [-0.1, -0.05) is 18.2 Å². The van der Waals surface area contributed by atoms with Crippen molar-refractivity contribution in [1.29, 1.82) is 0 Å². The Morgan fingerprint density at radius 2 is 2.07 bits per heavy atom. The first-order chi connectivity index (χ1) is 7.24. The maximum Gasteiger partial charge on any atom is 0.328 e. The first-order valence-electron chi connectivity index (χ1n) is 4.87. The molecule has 0 bridgehead atoms. The third kappa shape index (κ3) is 1.61. The van der Waals surface area contributed by atoms with Gasteiger partial charge in [0.05, 0.1) is 7.11 Å². The van der Waals surface area contributed by atoms with E-state index in [4.69, 9.17) is 4.74 Å². The summed E-state index contributed by atoms with van der Waals surface area (Å²) >= 11 is 0. The van der Waals surface area contributed by atoms with Crippen molar-refractivity contribution >= 4 is 16.9 Å². The summed E-state index contributed by atoms with van der Waals surface area (Å²) < 4.78 is 6.64. The van der Waals surface area contributed by atoms with Crippen LogP contribution in [0.25, 0.3) is 10.9 Å². The predicted molar refractivity (Wildman–Crippen MR) is 58.7 cm³/mol. The molecule has 78 valence electrons. The zero-order valence-corrected chi connectivity index (χ0v) is 8.81. The fraction of sp³-hybridized carbons (Fsp3) is 0.250. The highest BCUT2D eigenvalue weighted by molar-refractivity contribution is 5.83. The van der Waals surface area contributed by atoms with Crippen molar-refractivity contribution in [3.05, 3.63) is 36.5 Å². The number of nitrogens with zero attached hydrogens (tertiary/aromatic N) is 1. The third-order valence-electron chi connectivity index (χ3n) is 2.59. The number of rotatable bonds is 2. The van der Waals surface area contributed by atoms with Crippen molar-refractivity contribution in [2.45, 2.75) is 13.0 Å². The zero-order valence-electron chi connectivity index (χ0n) is 8.81. The molecule has 1 aromatic carbocycles. The van der Waals surface area contributed by atoms with E-state index in [0.29, 0.717) is 0 Å².